The molecule has 94 valence electrons. The van der Waals surface area contributed by atoms with Crippen molar-refractivity contribution in [2.75, 3.05) is 13.2 Å². The summed E-state index contributed by atoms with van der Waals surface area (Å²) in [7, 11) is 0. The third kappa shape index (κ3) is 3.30. The standard InChI is InChI=1S/C15H23NO/c1-2-13-6-8-14(9-7-13)11-16-10-4-3-5-15(16)12-17/h6-9,15,17H,2-5,10-12H2,1H3. The fourth-order valence-electron chi connectivity index (χ4n) is 2.59. The van der Waals surface area contributed by atoms with E-state index in [0.29, 0.717) is 12.6 Å². The van der Waals surface area contributed by atoms with Gasteiger partial charge in [-0.25, -0.2) is 0 Å². The summed E-state index contributed by atoms with van der Waals surface area (Å²) in [6.07, 6.45) is 4.77. The molecule has 1 aliphatic rings. The summed E-state index contributed by atoms with van der Waals surface area (Å²) in [6.45, 7) is 4.59. The Morgan fingerprint density at radius 3 is 2.53 bits per heavy atom. The average molecular weight is 233 g/mol. The third-order valence-corrected chi connectivity index (χ3v) is 3.78. The second kappa shape index (κ2) is 6.18. The lowest BCUT2D eigenvalue weighted by Crippen LogP contribution is -2.41. The maximum absolute atomic E-state index is 9.38. The molecule has 17 heavy (non-hydrogen) atoms. The van der Waals surface area contributed by atoms with Gasteiger partial charge in [-0.3, -0.25) is 4.90 Å². The molecule has 2 heteroatoms. The van der Waals surface area contributed by atoms with Crippen LogP contribution in [0, 0.1) is 0 Å². The van der Waals surface area contributed by atoms with Crippen molar-refractivity contribution < 1.29 is 5.11 Å². The van der Waals surface area contributed by atoms with E-state index >= 15 is 0 Å². The molecule has 2 rings (SSSR count). The predicted octanol–water partition coefficient (Wildman–Crippen LogP) is 2.60. The summed E-state index contributed by atoms with van der Waals surface area (Å²) in [5.74, 6) is 0. The number of benzene rings is 1. The van der Waals surface area contributed by atoms with Crippen LogP contribution in [0.1, 0.15) is 37.3 Å². The highest BCUT2D eigenvalue weighted by Crippen LogP contribution is 2.19. The molecule has 1 aromatic rings. The summed E-state index contributed by atoms with van der Waals surface area (Å²) in [5.41, 5.74) is 2.76. The number of hydrogen-bond donors (Lipinski definition) is 1. The van der Waals surface area contributed by atoms with Gasteiger partial charge in [0, 0.05) is 12.6 Å². The third-order valence-electron chi connectivity index (χ3n) is 3.78. The number of aliphatic hydroxyl groups excluding tert-OH is 1. The van der Waals surface area contributed by atoms with Crippen LogP contribution in [-0.2, 0) is 13.0 Å². The van der Waals surface area contributed by atoms with Crippen LogP contribution in [0.2, 0.25) is 0 Å². The lowest BCUT2D eigenvalue weighted by atomic mass is 10.0. The molecule has 1 unspecified atom stereocenters. The number of hydrogen-bond acceptors (Lipinski definition) is 2. The van der Waals surface area contributed by atoms with E-state index in [1.165, 1.54) is 24.0 Å². The monoisotopic (exact) mass is 233 g/mol. The van der Waals surface area contributed by atoms with Gasteiger partial charge >= 0.3 is 0 Å². The van der Waals surface area contributed by atoms with Crippen molar-refractivity contribution in [2.24, 2.45) is 0 Å². The molecule has 0 spiro atoms. The summed E-state index contributed by atoms with van der Waals surface area (Å²) >= 11 is 0. The maximum atomic E-state index is 9.38. The van der Waals surface area contributed by atoms with Crippen molar-refractivity contribution in [2.45, 2.75) is 45.2 Å². The van der Waals surface area contributed by atoms with Gasteiger partial charge in [0.05, 0.1) is 6.61 Å². The first-order valence-corrected chi connectivity index (χ1v) is 6.76. The SMILES string of the molecule is CCc1ccc(CN2CCCCC2CO)cc1. The minimum Gasteiger partial charge on any atom is -0.395 e. The predicted molar refractivity (Wildman–Crippen MR) is 71.0 cm³/mol. The van der Waals surface area contributed by atoms with Crippen LogP contribution in [0.5, 0.6) is 0 Å². The summed E-state index contributed by atoms with van der Waals surface area (Å²) in [4.78, 5) is 2.42. The first-order valence-electron chi connectivity index (χ1n) is 6.76. The molecule has 1 aromatic carbocycles. The van der Waals surface area contributed by atoms with E-state index < -0.39 is 0 Å². The summed E-state index contributed by atoms with van der Waals surface area (Å²) < 4.78 is 0. The van der Waals surface area contributed by atoms with Crippen molar-refractivity contribution in [3.8, 4) is 0 Å². The molecule has 0 amide bonds. The second-order valence-electron chi connectivity index (χ2n) is 4.97. The van der Waals surface area contributed by atoms with Crippen molar-refractivity contribution in [3.05, 3.63) is 35.4 Å². The van der Waals surface area contributed by atoms with E-state index in [1.54, 1.807) is 0 Å². The molecule has 0 aliphatic carbocycles. The van der Waals surface area contributed by atoms with Gasteiger partial charge in [-0.05, 0) is 36.9 Å². The molecule has 1 fully saturated rings. The van der Waals surface area contributed by atoms with Crippen LogP contribution < -0.4 is 0 Å². The van der Waals surface area contributed by atoms with Gasteiger partial charge in [0.25, 0.3) is 0 Å². The number of piperidine rings is 1. The van der Waals surface area contributed by atoms with Gasteiger partial charge in [-0.1, -0.05) is 37.6 Å². The highest BCUT2D eigenvalue weighted by atomic mass is 16.3. The normalized spacial score (nSPS) is 21.6. The second-order valence-corrected chi connectivity index (χ2v) is 4.97. The van der Waals surface area contributed by atoms with E-state index in [-0.39, 0.29) is 0 Å². The van der Waals surface area contributed by atoms with Gasteiger partial charge in [0.1, 0.15) is 0 Å². The molecule has 1 atom stereocenters. The molecule has 0 bridgehead atoms. The van der Waals surface area contributed by atoms with E-state index in [0.717, 1.165) is 25.9 Å². The number of likely N-dealkylation sites (tertiary alicyclic amines) is 1. The zero-order chi connectivity index (χ0) is 12.1. The maximum Gasteiger partial charge on any atom is 0.0586 e. The van der Waals surface area contributed by atoms with Crippen molar-refractivity contribution in [1.29, 1.82) is 0 Å². The molecule has 1 aliphatic heterocycles. The minimum absolute atomic E-state index is 0.299. The average Bonchev–Trinajstić information content (AvgIpc) is 2.40. The summed E-state index contributed by atoms with van der Waals surface area (Å²) in [6, 6.07) is 9.25. The van der Waals surface area contributed by atoms with Gasteiger partial charge in [0.2, 0.25) is 0 Å². The highest BCUT2D eigenvalue weighted by molar-refractivity contribution is 5.22. The van der Waals surface area contributed by atoms with Crippen LogP contribution in [0.15, 0.2) is 24.3 Å². The van der Waals surface area contributed by atoms with Gasteiger partial charge < -0.3 is 5.11 Å². The van der Waals surface area contributed by atoms with Crippen molar-refractivity contribution >= 4 is 0 Å². The molecule has 0 aromatic heterocycles. The molecular weight excluding hydrogens is 210 g/mol. The molecule has 0 radical (unpaired) electrons. The lowest BCUT2D eigenvalue weighted by Gasteiger charge is -2.34. The number of rotatable bonds is 4. The van der Waals surface area contributed by atoms with E-state index in [1.807, 2.05) is 0 Å². The Kier molecular flexibility index (Phi) is 4.57. The van der Waals surface area contributed by atoms with Crippen molar-refractivity contribution in [3.63, 3.8) is 0 Å². The lowest BCUT2D eigenvalue weighted by molar-refractivity contribution is 0.0841. The fraction of sp³-hybridized carbons (Fsp3) is 0.600. The minimum atomic E-state index is 0.299. The first kappa shape index (κ1) is 12.6. The number of aryl methyl sites for hydroxylation is 1. The van der Waals surface area contributed by atoms with Crippen LogP contribution >= 0.6 is 0 Å². The molecule has 1 saturated heterocycles. The van der Waals surface area contributed by atoms with E-state index in [2.05, 4.69) is 36.1 Å². The zero-order valence-corrected chi connectivity index (χ0v) is 10.7. The largest absolute Gasteiger partial charge is 0.395 e. The Balaban J connectivity index is 1.98. The smallest absolute Gasteiger partial charge is 0.0586 e. The number of nitrogens with zero attached hydrogens (tertiary/aromatic N) is 1. The Labute approximate surface area is 104 Å². The van der Waals surface area contributed by atoms with Gasteiger partial charge in [-0.2, -0.15) is 0 Å². The molecule has 2 nitrogen and oxygen atoms in total. The van der Waals surface area contributed by atoms with Crippen LogP contribution in [0.4, 0.5) is 0 Å². The first-order chi connectivity index (χ1) is 8.33. The zero-order valence-electron chi connectivity index (χ0n) is 10.7. The fourth-order valence-corrected chi connectivity index (χ4v) is 2.59. The Morgan fingerprint density at radius 2 is 1.88 bits per heavy atom. The molecule has 1 heterocycles. The van der Waals surface area contributed by atoms with Crippen LogP contribution in [-0.4, -0.2) is 29.2 Å². The topological polar surface area (TPSA) is 23.5 Å². The van der Waals surface area contributed by atoms with E-state index in [9.17, 15) is 5.11 Å². The van der Waals surface area contributed by atoms with Crippen LogP contribution in [0.25, 0.3) is 0 Å². The number of aliphatic hydroxyl groups is 1. The van der Waals surface area contributed by atoms with Crippen molar-refractivity contribution in [1.82, 2.24) is 4.90 Å². The van der Waals surface area contributed by atoms with E-state index in [4.69, 9.17) is 0 Å². The van der Waals surface area contributed by atoms with Gasteiger partial charge in [0.15, 0.2) is 0 Å². The molecule has 1 N–H and O–H groups in total. The van der Waals surface area contributed by atoms with Gasteiger partial charge in [-0.15, -0.1) is 0 Å². The Morgan fingerprint density at radius 1 is 1.18 bits per heavy atom. The Hall–Kier alpha value is -0.860. The summed E-state index contributed by atoms with van der Waals surface area (Å²) in [5, 5.41) is 9.38. The highest BCUT2D eigenvalue weighted by Gasteiger charge is 2.21. The van der Waals surface area contributed by atoms with Crippen LogP contribution in [0.3, 0.4) is 0 Å². The quantitative estimate of drug-likeness (QED) is 0.864. The molecular formula is C15H23NO. The molecule has 0 saturated carbocycles. The Bertz CT molecular complexity index is 333.